The number of hydrogen-bond donors (Lipinski definition) is 2. The van der Waals surface area contributed by atoms with E-state index in [-0.39, 0.29) is 22.8 Å². The van der Waals surface area contributed by atoms with Crippen molar-refractivity contribution in [2.75, 3.05) is 4.90 Å². The lowest BCUT2D eigenvalue weighted by molar-refractivity contribution is -0.132. The number of Topliss-reactive ketones (excluding diaryl/α,β-unsaturated/α-hetero) is 1. The molecule has 6 heteroatoms. The van der Waals surface area contributed by atoms with Crippen molar-refractivity contribution in [2.24, 2.45) is 0 Å². The predicted octanol–water partition coefficient (Wildman–Crippen LogP) is 4.60. The molecule has 1 fully saturated rings. The van der Waals surface area contributed by atoms with E-state index in [0.29, 0.717) is 11.1 Å². The average Bonchev–Trinajstić information content (AvgIpc) is 3.10. The van der Waals surface area contributed by atoms with Crippen LogP contribution in [0.1, 0.15) is 46.7 Å². The molecular formula is C27H24N2O4. The fourth-order valence-electron chi connectivity index (χ4n) is 4.80. The molecule has 0 spiro atoms. The van der Waals surface area contributed by atoms with Gasteiger partial charge in [-0.1, -0.05) is 18.2 Å². The Labute approximate surface area is 191 Å². The molecule has 0 saturated carbocycles. The van der Waals surface area contributed by atoms with E-state index in [4.69, 9.17) is 0 Å². The molecule has 0 bridgehead atoms. The zero-order valence-electron chi connectivity index (χ0n) is 18.3. The molecule has 1 unspecified atom stereocenters. The van der Waals surface area contributed by atoms with E-state index in [0.717, 1.165) is 36.8 Å². The van der Waals surface area contributed by atoms with Crippen LogP contribution in [-0.2, 0) is 22.4 Å². The van der Waals surface area contributed by atoms with Gasteiger partial charge < -0.3 is 10.2 Å². The molecule has 0 radical (unpaired) electrons. The fraction of sp³-hybridized carbons (Fsp3) is 0.222. The normalized spacial score (nSPS) is 19.5. The minimum atomic E-state index is -0.892. The monoisotopic (exact) mass is 440 g/mol. The number of phenolic OH excluding ortho intramolecular Hbond substituents is 1. The third-order valence-corrected chi connectivity index (χ3v) is 6.48. The Bertz CT molecular complexity index is 1300. The molecule has 2 N–H and O–H groups in total. The van der Waals surface area contributed by atoms with Gasteiger partial charge >= 0.3 is 0 Å². The maximum Gasteiger partial charge on any atom is 0.300 e. The minimum absolute atomic E-state index is 0.00265. The number of ketones is 1. The van der Waals surface area contributed by atoms with E-state index in [2.05, 4.69) is 4.98 Å². The first-order chi connectivity index (χ1) is 16.0. The number of anilines is 1. The first kappa shape index (κ1) is 20.9. The second kappa shape index (κ2) is 8.20. The molecule has 5 rings (SSSR count). The number of carbonyl (C=O) groups is 2. The number of nitrogens with zero attached hydrogens (tertiary/aromatic N) is 2. The molecule has 2 aromatic carbocycles. The van der Waals surface area contributed by atoms with Crippen molar-refractivity contribution in [3.63, 3.8) is 0 Å². The standard InChI is InChI=1S/C27H24N2O4/c1-16-6-9-22(30)21(14-16)29-24(18-10-12-28-13-11-18)23(26(32)27(29)33)25(31)20-8-7-17-4-2-3-5-19(17)15-20/h6-15,24,30-31H,2-5H2,1H3/b25-23-. The molecule has 2 aliphatic rings. The van der Waals surface area contributed by atoms with Gasteiger partial charge in [0.25, 0.3) is 11.7 Å². The summed E-state index contributed by atoms with van der Waals surface area (Å²) in [6.07, 6.45) is 7.31. The van der Waals surface area contributed by atoms with E-state index in [1.165, 1.54) is 16.5 Å². The number of amides is 1. The van der Waals surface area contributed by atoms with Crippen LogP contribution in [0.2, 0.25) is 0 Å². The lowest BCUT2D eigenvalue weighted by atomic mass is 9.89. The van der Waals surface area contributed by atoms with Crippen molar-refractivity contribution in [1.82, 2.24) is 4.98 Å². The van der Waals surface area contributed by atoms with Gasteiger partial charge in [0, 0.05) is 18.0 Å². The quantitative estimate of drug-likeness (QED) is 0.353. The maximum absolute atomic E-state index is 13.3. The smallest absolute Gasteiger partial charge is 0.300 e. The number of hydrogen-bond acceptors (Lipinski definition) is 5. The summed E-state index contributed by atoms with van der Waals surface area (Å²) in [5.41, 5.74) is 4.61. The molecule has 1 aromatic heterocycles. The molecule has 1 aliphatic heterocycles. The number of carbonyl (C=O) groups excluding carboxylic acids is 2. The van der Waals surface area contributed by atoms with Crippen molar-refractivity contribution >= 4 is 23.1 Å². The van der Waals surface area contributed by atoms with Crippen molar-refractivity contribution in [2.45, 2.75) is 38.6 Å². The largest absolute Gasteiger partial charge is 0.507 e. The van der Waals surface area contributed by atoms with Gasteiger partial charge in [-0.05, 0) is 85.2 Å². The van der Waals surface area contributed by atoms with Crippen molar-refractivity contribution in [1.29, 1.82) is 0 Å². The number of rotatable bonds is 3. The molecular weight excluding hydrogens is 416 g/mol. The Hall–Kier alpha value is -3.93. The zero-order valence-corrected chi connectivity index (χ0v) is 18.3. The molecule has 1 amide bonds. The molecule has 6 nitrogen and oxygen atoms in total. The zero-order chi connectivity index (χ0) is 23.1. The lowest BCUT2D eigenvalue weighted by Gasteiger charge is -2.26. The van der Waals surface area contributed by atoms with Crippen LogP contribution in [0.15, 0.2) is 66.5 Å². The van der Waals surface area contributed by atoms with Crippen LogP contribution < -0.4 is 4.90 Å². The van der Waals surface area contributed by atoms with Gasteiger partial charge in [-0.25, -0.2) is 0 Å². The second-order valence-corrected chi connectivity index (χ2v) is 8.63. The van der Waals surface area contributed by atoms with E-state index in [1.807, 2.05) is 19.1 Å². The molecule has 1 atom stereocenters. The van der Waals surface area contributed by atoms with Gasteiger partial charge in [0.05, 0.1) is 17.3 Å². The number of fused-ring (bicyclic) bond motifs is 1. The summed E-state index contributed by atoms with van der Waals surface area (Å²) in [6.45, 7) is 1.84. The van der Waals surface area contributed by atoms with Gasteiger partial charge in [-0.3, -0.25) is 19.5 Å². The molecule has 1 aliphatic carbocycles. The highest BCUT2D eigenvalue weighted by molar-refractivity contribution is 6.51. The summed E-state index contributed by atoms with van der Waals surface area (Å²) in [5.74, 6) is -1.90. The number of aromatic hydroxyl groups is 1. The highest BCUT2D eigenvalue weighted by atomic mass is 16.3. The highest BCUT2D eigenvalue weighted by Gasteiger charge is 2.47. The topological polar surface area (TPSA) is 90.7 Å². The number of aliphatic hydroxyl groups excluding tert-OH is 1. The van der Waals surface area contributed by atoms with Gasteiger partial charge in [-0.15, -0.1) is 0 Å². The Balaban J connectivity index is 1.71. The highest BCUT2D eigenvalue weighted by Crippen LogP contribution is 2.45. The SMILES string of the molecule is Cc1ccc(O)c(N2C(=O)C(=O)/C(=C(\O)c3ccc4c(c3)CCCC4)C2c2ccncc2)c1. The summed E-state index contributed by atoms with van der Waals surface area (Å²) in [4.78, 5) is 31.8. The first-order valence-corrected chi connectivity index (χ1v) is 11.1. The third-order valence-electron chi connectivity index (χ3n) is 6.48. The lowest BCUT2D eigenvalue weighted by Crippen LogP contribution is -2.29. The number of pyridine rings is 1. The molecule has 33 heavy (non-hydrogen) atoms. The third kappa shape index (κ3) is 3.57. The fourth-order valence-corrected chi connectivity index (χ4v) is 4.80. The van der Waals surface area contributed by atoms with Crippen LogP contribution in [0.3, 0.4) is 0 Å². The van der Waals surface area contributed by atoms with Crippen molar-refractivity contribution in [3.8, 4) is 5.75 Å². The molecule has 166 valence electrons. The Morgan fingerprint density at radius 3 is 2.45 bits per heavy atom. The van der Waals surface area contributed by atoms with E-state index in [1.54, 1.807) is 42.7 Å². The number of phenols is 1. The van der Waals surface area contributed by atoms with E-state index >= 15 is 0 Å². The minimum Gasteiger partial charge on any atom is -0.507 e. The summed E-state index contributed by atoms with van der Waals surface area (Å²) >= 11 is 0. The summed E-state index contributed by atoms with van der Waals surface area (Å²) in [7, 11) is 0. The average molecular weight is 440 g/mol. The second-order valence-electron chi connectivity index (χ2n) is 8.63. The first-order valence-electron chi connectivity index (χ1n) is 11.1. The van der Waals surface area contributed by atoms with Crippen LogP contribution in [0, 0.1) is 6.92 Å². The number of aromatic nitrogens is 1. The van der Waals surface area contributed by atoms with Gasteiger partial charge in [-0.2, -0.15) is 0 Å². The van der Waals surface area contributed by atoms with Crippen LogP contribution >= 0.6 is 0 Å². The van der Waals surface area contributed by atoms with Crippen LogP contribution in [-0.4, -0.2) is 26.9 Å². The number of aryl methyl sites for hydroxylation is 3. The molecule has 1 saturated heterocycles. The van der Waals surface area contributed by atoms with E-state index in [9.17, 15) is 19.8 Å². The van der Waals surface area contributed by atoms with Crippen molar-refractivity contribution in [3.05, 3.63) is 94.3 Å². The van der Waals surface area contributed by atoms with Crippen LogP contribution in [0.5, 0.6) is 5.75 Å². The van der Waals surface area contributed by atoms with E-state index < -0.39 is 17.7 Å². The van der Waals surface area contributed by atoms with Crippen molar-refractivity contribution < 1.29 is 19.8 Å². The Morgan fingerprint density at radius 2 is 1.70 bits per heavy atom. The van der Waals surface area contributed by atoms with Crippen LogP contribution in [0.25, 0.3) is 5.76 Å². The Kier molecular flexibility index (Phi) is 5.21. The Morgan fingerprint density at radius 1 is 0.970 bits per heavy atom. The summed E-state index contributed by atoms with van der Waals surface area (Å²) in [5, 5.41) is 21.9. The van der Waals surface area contributed by atoms with Gasteiger partial charge in [0.15, 0.2) is 0 Å². The summed E-state index contributed by atoms with van der Waals surface area (Å²) < 4.78 is 0. The molecule has 2 heterocycles. The number of aliphatic hydroxyl groups is 1. The van der Waals surface area contributed by atoms with Crippen LogP contribution in [0.4, 0.5) is 5.69 Å². The van der Waals surface area contributed by atoms with Gasteiger partial charge in [0.2, 0.25) is 0 Å². The summed E-state index contributed by atoms with van der Waals surface area (Å²) in [6, 6.07) is 13.1. The predicted molar refractivity (Wildman–Crippen MR) is 125 cm³/mol. The number of benzene rings is 2. The maximum atomic E-state index is 13.3. The molecule has 3 aromatic rings. The van der Waals surface area contributed by atoms with Gasteiger partial charge in [0.1, 0.15) is 11.5 Å².